The van der Waals surface area contributed by atoms with Crippen LogP contribution in [0, 0.1) is 5.95 Å². The van der Waals surface area contributed by atoms with E-state index in [1.54, 1.807) is 18.3 Å². The molecule has 0 bridgehead atoms. The van der Waals surface area contributed by atoms with Gasteiger partial charge in [0.25, 0.3) is 5.91 Å². The zero-order valence-electron chi connectivity index (χ0n) is 16.3. The predicted molar refractivity (Wildman–Crippen MR) is 113 cm³/mol. The van der Waals surface area contributed by atoms with Gasteiger partial charge in [0.2, 0.25) is 5.95 Å². The highest BCUT2D eigenvalue weighted by atomic mass is 32.1. The summed E-state index contributed by atoms with van der Waals surface area (Å²) in [6.45, 7) is 2.10. The summed E-state index contributed by atoms with van der Waals surface area (Å²) in [4.78, 5) is 30.4. The molecule has 1 amide bonds. The number of amides is 1. The number of carbonyl (C=O) groups excluding carboxylic acids is 1. The first-order valence-electron chi connectivity index (χ1n) is 9.40. The van der Waals surface area contributed by atoms with Gasteiger partial charge in [0.1, 0.15) is 17.8 Å². The molecule has 1 aliphatic heterocycles. The normalized spacial score (nSPS) is 14.3. The predicted octanol–water partition coefficient (Wildman–Crippen LogP) is 2.86. The van der Waals surface area contributed by atoms with E-state index < -0.39 is 11.9 Å². The molecule has 0 unspecified atom stereocenters. The molecule has 0 aliphatic carbocycles. The molecule has 0 fully saturated rings. The molecular weight excluding hydrogens is 405 g/mol. The number of carbonyl (C=O) groups is 1. The van der Waals surface area contributed by atoms with Crippen LogP contribution in [0.4, 0.5) is 15.3 Å². The average molecular weight is 425 g/mol. The van der Waals surface area contributed by atoms with Crippen LogP contribution in [0.25, 0.3) is 5.57 Å². The van der Waals surface area contributed by atoms with E-state index in [-0.39, 0.29) is 5.69 Å². The lowest BCUT2D eigenvalue weighted by Crippen LogP contribution is -2.28. The molecule has 0 spiro atoms. The number of halogens is 1. The first kappa shape index (κ1) is 20.0. The third-order valence-corrected chi connectivity index (χ3v) is 5.41. The van der Waals surface area contributed by atoms with E-state index in [9.17, 15) is 9.18 Å². The van der Waals surface area contributed by atoms with Crippen molar-refractivity contribution in [1.82, 2.24) is 30.2 Å². The molecule has 0 saturated carbocycles. The maximum atomic E-state index is 14.4. The molecule has 8 nitrogen and oxygen atoms in total. The summed E-state index contributed by atoms with van der Waals surface area (Å²) in [7, 11) is 1.49. The van der Waals surface area contributed by atoms with Crippen molar-refractivity contribution < 1.29 is 9.18 Å². The van der Waals surface area contributed by atoms with Crippen molar-refractivity contribution >= 4 is 33.8 Å². The highest BCUT2D eigenvalue weighted by Gasteiger charge is 2.18. The van der Waals surface area contributed by atoms with Gasteiger partial charge in [-0.1, -0.05) is 6.08 Å². The Labute approximate surface area is 176 Å². The summed E-state index contributed by atoms with van der Waals surface area (Å²) in [5.41, 5.74) is 2.30. The quantitative estimate of drug-likeness (QED) is 0.586. The lowest BCUT2D eigenvalue weighted by Gasteiger charge is -2.26. The molecule has 10 heteroatoms. The summed E-state index contributed by atoms with van der Waals surface area (Å²) >= 11 is 1.50. The number of nitrogens with zero attached hydrogens (tertiary/aromatic N) is 5. The van der Waals surface area contributed by atoms with Gasteiger partial charge in [-0.25, -0.2) is 19.9 Å². The summed E-state index contributed by atoms with van der Waals surface area (Å²) in [5.74, 6) is -0.324. The zero-order valence-corrected chi connectivity index (χ0v) is 17.1. The Bertz CT molecular complexity index is 1070. The van der Waals surface area contributed by atoms with Crippen molar-refractivity contribution in [3.8, 4) is 0 Å². The summed E-state index contributed by atoms with van der Waals surface area (Å²) in [6.07, 6.45) is 5.95. The van der Waals surface area contributed by atoms with Crippen LogP contribution < -0.4 is 10.6 Å². The van der Waals surface area contributed by atoms with Crippen molar-refractivity contribution in [3.63, 3.8) is 0 Å². The molecule has 4 heterocycles. The van der Waals surface area contributed by atoms with Gasteiger partial charge in [-0.3, -0.25) is 9.69 Å². The van der Waals surface area contributed by atoms with Gasteiger partial charge in [0, 0.05) is 49.9 Å². The number of aromatic nitrogens is 4. The lowest BCUT2D eigenvalue weighted by molar-refractivity contribution is 0.0957. The van der Waals surface area contributed by atoms with E-state index in [0.717, 1.165) is 22.9 Å². The van der Waals surface area contributed by atoms with E-state index in [1.165, 1.54) is 24.7 Å². The van der Waals surface area contributed by atoms with Crippen LogP contribution >= 0.6 is 11.3 Å². The number of pyridine rings is 1. The van der Waals surface area contributed by atoms with E-state index >= 15 is 0 Å². The minimum atomic E-state index is -0.621. The van der Waals surface area contributed by atoms with Gasteiger partial charge in [-0.15, -0.1) is 11.3 Å². The average Bonchev–Trinajstić information content (AvgIpc) is 3.27. The van der Waals surface area contributed by atoms with Crippen LogP contribution in [0.2, 0.25) is 0 Å². The molecule has 0 radical (unpaired) electrons. The topological polar surface area (TPSA) is 95.9 Å². The van der Waals surface area contributed by atoms with Crippen molar-refractivity contribution in [2.45, 2.75) is 13.0 Å². The largest absolute Gasteiger partial charge is 0.354 e. The number of rotatable bonds is 6. The molecule has 0 atom stereocenters. The monoisotopic (exact) mass is 425 g/mol. The first-order chi connectivity index (χ1) is 14.6. The van der Waals surface area contributed by atoms with Gasteiger partial charge in [-0.2, -0.15) is 4.39 Å². The number of anilines is 2. The second kappa shape index (κ2) is 9.06. The van der Waals surface area contributed by atoms with Gasteiger partial charge in [0.15, 0.2) is 5.13 Å². The first-order valence-corrected chi connectivity index (χ1v) is 10.3. The SMILES string of the molecule is CNC(=O)c1ccc(C2=CCN(Cc3cc(Nc4nccs4)ncn3)CC2)c(F)n1. The third-order valence-electron chi connectivity index (χ3n) is 4.72. The number of thiazole rings is 1. The van der Waals surface area contributed by atoms with Crippen LogP contribution in [-0.2, 0) is 6.54 Å². The number of hydrogen-bond acceptors (Lipinski definition) is 8. The molecule has 3 aromatic heterocycles. The van der Waals surface area contributed by atoms with E-state index in [2.05, 4.69) is 35.5 Å². The van der Waals surface area contributed by atoms with Crippen molar-refractivity contribution in [2.75, 3.05) is 25.5 Å². The van der Waals surface area contributed by atoms with Crippen LogP contribution in [0.15, 0.2) is 42.2 Å². The second-order valence-corrected chi connectivity index (χ2v) is 7.58. The fraction of sp³-hybridized carbons (Fsp3) is 0.250. The Balaban J connectivity index is 1.40. The smallest absolute Gasteiger partial charge is 0.269 e. The molecule has 2 N–H and O–H groups in total. The fourth-order valence-corrected chi connectivity index (χ4v) is 3.74. The molecule has 30 heavy (non-hydrogen) atoms. The highest BCUT2D eigenvalue weighted by Crippen LogP contribution is 2.25. The summed E-state index contributed by atoms with van der Waals surface area (Å²) in [5, 5.41) is 8.28. The molecule has 0 saturated heterocycles. The third kappa shape index (κ3) is 4.66. The Kier molecular flexibility index (Phi) is 6.05. The summed E-state index contributed by atoms with van der Waals surface area (Å²) in [6, 6.07) is 5.07. The highest BCUT2D eigenvalue weighted by molar-refractivity contribution is 7.13. The minimum absolute atomic E-state index is 0.0720. The Morgan fingerprint density at radius 3 is 2.90 bits per heavy atom. The molecule has 4 rings (SSSR count). The maximum absolute atomic E-state index is 14.4. The van der Waals surface area contributed by atoms with Crippen molar-refractivity contribution in [1.29, 1.82) is 0 Å². The molecule has 0 aromatic carbocycles. The van der Waals surface area contributed by atoms with Crippen molar-refractivity contribution in [2.24, 2.45) is 0 Å². The molecular formula is C20H20FN7OS. The standard InChI is InChI=1S/C20H20FN7OS/c1-22-19(29)16-3-2-15(18(21)26-16)13-4-7-28(8-5-13)11-14-10-17(25-12-24-14)27-20-23-6-9-30-20/h2-4,6,9-10,12H,5,7-8,11H2,1H3,(H,22,29)(H,23,24,25,27). The Morgan fingerprint density at radius 1 is 1.30 bits per heavy atom. The van der Waals surface area contributed by atoms with Crippen LogP contribution in [-0.4, -0.2) is 50.9 Å². The minimum Gasteiger partial charge on any atom is -0.354 e. The van der Waals surface area contributed by atoms with Crippen LogP contribution in [0.3, 0.4) is 0 Å². The number of hydrogen-bond donors (Lipinski definition) is 2. The molecule has 154 valence electrons. The molecule has 1 aliphatic rings. The molecule has 3 aromatic rings. The van der Waals surface area contributed by atoms with E-state index in [4.69, 9.17) is 0 Å². The fourth-order valence-electron chi connectivity index (χ4n) is 3.20. The van der Waals surface area contributed by atoms with E-state index in [1.807, 2.05) is 17.5 Å². The zero-order chi connectivity index (χ0) is 20.9. The van der Waals surface area contributed by atoms with Crippen LogP contribution in [0.1, 0.15) is 28.2 Å². The van der Waals surface area contributed by atoms with Gasteiger partial charge in [-0.05, 0) is 24.1 Å². The number of nitrogens with one attached hydrogen (secondary N) is 2. The summed E-state index contributed by atoms with van der Waals surface area (Å²) < 4.78 is 14.4. The maximum Gasteiger partial charge on any atom is 0.269 e. The van der Waals surface area contributed by atoms with E-state index in [0.29, 0.717) is 30.9 Å². The van der Waals surface area contributed by atoms with Gasteiger partial charge < -0.3 is 10.6 Å². The Hall–Kier alpha value is -3.24. The lowest BCUT2D eigenvalue weighted by atomic mass is 10.00. The van der Waals surface area contributed by atoms with Crippen molar-refractivity contribution in [3.05, 3.63) is 65.1 Å². The Morgan fingerprint density at radius 2 is 2.20 bits per heavy atom. The van der Waals surface area contributed by atoms with Crippen LogP contribution in [0.5, 0.6) is 0 Å². The second-order valence-electron chi connectivity index (χ2n) is 6.69. The van der Waals surface area contributed by atoms with Gasteiger partial charge in [0.05, 0.1) is 5.69 Å². The van der Waals surface area contributed by atoms with Gasteiger partial charge >= 0.3 is 0 Å².